The molecule has 0 saturated heterocycles. The second-order valence-electron chi connectivity index (χ2n) is 8.90. The molecule has 0 aliphatic heterocycles. The van der Waals surface area contributed by atoms with Crippen LogP contribution >= 0.6 is 34.8 Å². The number of halogens is 3. The highest BCUT2D eigenvalue weighted by Crippen LogP contribution is 2.29. The van der Waals surface area contributed by atoms with Crippen LogP contribution < -0.4 is 9.62 Å². The number of sulfonamides is 1. The zero-order valence-corrected chi connectivity index (χ0v) is 23.3. The smallest absolute Gasteiger partial charge is 0.244 e. The van der Waals surface area contributed by atoms with Crippen LogP contribution in [0, 0.1) is 0 Å². The highest BCUT2D eigenvalue weighted by molar-refractivity contribution is 7.92. The third kappa shape index (κ3) is 7.28. The number of carbonyl (C=O) groups excluding carboxylic acids is 2. The average molecular weight is 575 g/mol. The Labute approximate surface area is 227 Å². The summed E-state index contributed by atoms with van der Waals surface area (Å²) >= 11 is 18.5. The Morgan fingerprint density at radius 1 is 1.03 bits per heavy atom. The van der Waals surface area contributed by atoms with Crippen LogP contribution in [0.25, 0.3) is 0 Å². The van der Waals surface area contributed by atoms with E-state index in [0.29, 0.717) is 17.0 Å². The number of anilines is 1. The van der Waals surface area contributed by atoms with E-state index >= 15 is 0 Å². The van der Waals surface area contributed by atoms with Crippen molar-refractivity contribution in [1.29, 1.82) is 0 Å². The molecule has 0 unspecified atom stereocenters. The Morgan fingerprint density at radius 3 is 2.28 bits per heavy atom. The van der Waals surface area contributed by atoms with Gasteiger partial charge in [0.25, 0.3) is 0 Å². The van der Waals surface area contributed by atoms with E-state index in [4.69, 9.17) is 34.8 Å². The maximum Gasteiger partial charge on any atom is 0.244 e. The minimum atomic E-state index is -3.87. The first-order valence-electron chi connectivity index (χ1n) is 11.8. The van der Waals surface area contributed by atoms with E-state index in [0.717, 1.165) is 36.2 Å². The Bertz CT molecular complexity index is 1200. The van der Waals surface area contributed by atoms with Gasteiger partial charge in [-0.2, -0.15) is 0 Å². The van der Waals surface area contributed by atoms with Crippen molar-refractivity contribution in [3.8, 4) is 0 Å². The van der Waals surface area contributed by atoms with E-state index in [-0.39, 0.29) is 34.2 Å². The monoisotopic (exact) mass is 573 g/mol. The van der Waals surface area contributed by atoms with Gasteiger partial charge in [0.1, 0.15) is 12.6 Å². The van der Waals surface area contributed by atoms with Gasteiger partial charge < -0.3 is 10.2 Å². The molecule has 1 aliphatic carbocycles. The average Bonchev–Trinajstić information content (AvgIpc) is 3.32. The van der Waals surface area contributed by atoms with Gasteiger partial charge in [0.05, 0.1) is 22.0 Å². The first kappa shape index (κ1) is 28.6. The summed E-state index contributed by atoms with van der Waals surface area (Å²) in [4.78, 5) is 28.4. The van der Waals surface area contributed by atoms with Crippen LogP contribution in [0.5, 0.6) is 0 Å². The van der Waals surface area contributed by atoms with Crippen LogP contribution in [0.15, 0.2) is 42.5 Å². The SMILES string of the molecule is CC[C@H](C(=O)NC1CCCC1)N(Cc1ccccc1Cl)C(=O)CN(c1ccc(Cl)c(Cl)c1)S(C)(=O)=O. The van der Waals surface area contributed by atoms with E-state index in [1.807, 2.05) is 6.92 Å². The summed E-state index contributed by atoms with van der Waals surface area (Å²) in [7, 11) is -3.87. The fraction of sp³-hybridized carbons (Fsp3) is 0.440. The summed E-state index contributed by atoms with van der Waals surface area (Å²) in [5.41, 5.74) is 0.849. The molecule has 36 heavy (non-hydrogen) atoms. The molecule has 1 aliphatic rings. The van der Waals surface area contributed by atoms with Crippen LogP contribution in [0.4, 0.5) is 5.69 Å². The molecule has 2 amide bonds. The molecule has 0 bridgehead atoms. The van der Waals surface area contributed by atoms with Crippen LogP contribution in [0.3, 0.4) is 0 Å². The summed E-state index contributed by atoms with van der Waals surface area (Å²) < 4.78 is 26.3. The second-order valence-corrected chi connectivity index (χ2v) is 12.0. The lowest BCUT2D eigenvalue weighted by molar-refractivity contribution is -0.140. The molecule has 0 radical (unpaired) electrons. The zero-order chi connectivity index (χ0) is 26.5. The predicted molar refractivity (Wildman–Crippen MR) is 145 cm³/mol. The van der Waals surface area contributed by atoms with Crippen LogP contribution in [0.2, 0.25) is 15.1 Å². The lowest BCUT2D eigenvalue weighted by atomic mass is 10.1. The van der Waals surface area contributed by atoms with E-state index in [9.17, 15) is 18.0 Å². The largest absolute Gasteiger partial charge is 0.352 e. The molecule has 11 heteroatoms. The number of amides is 2. The summed E-state index contributed by atoms with van der Waals surface area (Å²) in [6.45, 7) is 1.35. The number of benzene rings is 2. The molecule has 0 aromatic heterocycles. The summed E-state index contributed by atoms with van der Waals surface area (Å²) in [5, 5.41) is 3.93. The number of carbonyl (C=O) groups is 2. The Hall–Kier alpha value is -2.00. The van der Waals surface area contributed by atoms with E-state index in [1.54, 1.807) is 24.3 Å². The van der Waals surface area contributed by atoms with Gasteiger partial charge in [-0.25, -0.2) is 8.42 Å². The highest BCUT2D eigenvalue weighted by atomic mass is 35.5. The van der Waals surface area contributed by atoms with Gasteiger partial charge in [-0.1, -0.05) is 72.8 Å². The van der Waals surface area contributed by atoms with Crippen molar-refractivity contribution in [3.63, 3.8) is 0 Å². The lowest BCUT2D eigenvalue weighted by Crippen LogP contribution is -2.53. The van der Waals surface area contributed by atoms with Crippen molar-refractivity contribution in [2.45, 2.75) is 57.7 Å². The van der Waals surface area contributed by atoms with Gasteiger partial charge in [0.2, 0.25) is 21.8 Å². The zero-order valence-electron chi connectivity index (χ0n) is 20.2. The molecule has 0 heterocycles. The maximum atomic E-state index is 13.7. The van der Waals surface area contributed by atoms with Crippen molar-refractivity contribution in [1.82, 2.24) is 10.2 Å². The molecule has 7 nitrogen and oxygen atoms in total. The number of nitrogens with one attached hydrogen (secondary N) is 1. The molecule has 196 valence electrons. The van der Waals surface area contributed by atoms with Crippen LogP contribution in [-0.2, 0) is 26.2 Å². The van der Waals surface area contributed by atoms with E-state index < -0.39 is 28.5 Å². The van der Waals surface area contributed by atoms with Gasteiger partial charge in [0.15, 0.2) is 0 Å². The van der Waals surface area contributed by atoms with Gasteiger partial charge in [-0.05, 0) is 49.1 Å². The van der Waals surface area contributed by atoms with Crippen molar-refractivity contribution < 1.29 is 18.0 Å². The first-order valence-corrected chi connectivity index (χ1v) is 14.8. The minimum Gasteiger partial charge on any atom is -0.352 e. The van der Waals surface area contributed by atoms with Gasteiger partial charge in [-0.3, -0.25) is 13.9 Å². The fourth-order valence-electron chi connectivity index (χ4n) is 4.35. The van der Waals surface area contributed by atoms with Crippen molar-refractivity contribution in [2.24, 2.45) is 0 Å². The summed E-state index contributed by atoms with van der Waals surface area (Å²) in [5.74, 6) is -0.801. The minimum absolute atomic E-state index is 0.0497. The van der Waals surface area contributed by atoms with Gasteiger partial charge in [-0.15, -0.1) is 0 Å². The molecule has 1 N–H and O–H groups in total. The molecule has 1 saturated carbocycles. The van der Waals surface area contributed by atoms with Gasteiger partial charge >= 0.3 is 0 Å². The first-order chi connectivity index (χ1) is 17.0. The van der Waals surface area contributed by atoms with Crippen LogP contribution in [-0.4, -0.2) is 50.0 Å². The molecule has 1 atom stereocenters. The third-order valence-electron chi connectivity index (χ3n) is 6.26. The molecule has 2 aromatic rings. The lowest BCUT2D eigenvalue weighted by Gasteiger charge is -2.33. The number of hydrogen-bond donors (Lipinski definition) is 1. The number of hydrogen-bond acceptors (Lipinski definition) is 4. The quantitative estimate of drug-likeness (QED) is 0.418. The Kier molecular flexibility index (Phi) is 9.92. The normalized spacial score (nSPS) is 14.9. The Balaban J connectivity index is 1.94. The molecular formula is C25H30Cl3N3O4S. The third-order valence-corrected chi connectivity index (χ3v) is 8.50. The van der Waals surface area contributed by atoms with Crippen molar-refractivity contribution in [2.75, 3.05) is 17.1 Å². The second kappa shape index (κ2) is 12.5. The number of rotatable bonds is 10. The topological polar surface area (TPSA) is 86.8 Å². The van der Waals surface area contributed by atoms with Crippen LogP contribution in [0.1, 0.15) is 44.6 Å². The van der Waals surface area contributed by atoms with E-state index in [2.05, 4.69) is 5.32 Å². The summed E-state index contributed by atoms with van der Waals surface area (Å²) in [6.07, 6.45) is 5.26. The van der Waals surface area contributed by atoms with Gasteiger partial charge in [0, 0.05) is 17.6 Å². The molecule has 2 aromatic carbocycles. The fourth-order valence-corrected chi connectivity index (χ4v) is 5.68. The molecule has 3 rings (SSSR count). The highest BCUT2D eigenvalue weighted by Gasteiger charge is 2.33. The van der Waals surface area contributed by atoms with Crippen molar-refractivity contribution >= 4 is 62.3 Å². The maximum absolute atomic E-state index is 13.7. The standard InChI is InChI=1S/C25H30Cl3N3O4S/c1-3-23(25(33)29-18-9-5-6-10-18)30(15-17-8-4-7-11-20(17)26)24(32)16-31(36(2,34)35)19-12-13-21(27)22(28)14-19/h4,7-8,11-14,18,23H,3,5-6,9-10,15-16H2,1-2H3,(H,29,33)/t23-/m1/s1. The summed E-state index contributed by atoms with van der Waals surface area (Å²) in [6, 6.07) is 10.7. The van der Waals surface area contributed by atoms with Crippen molar-refractivity contribution in [3.05, 3.63) is 63.1 Å². The van der Waals surface area contributed by atoms with E-state index in [1.165, 1.54) is 23.1 Å². The molecule has 1 fully saturated rings. The number of nitrogens with zero attached hydrogens (tertiary/aromatic N) is 2. The molecular weight excluding hydrogens is 545 g/mol. The predicted octanol–water partition coefficient (Wildman–Crippen LogP) is 5.28. The Morgan fingerprint density at radius 2 is 1.69 bits per heavy atom. The molecule has 0 spiro atoms.